The number of sulfonamides is 1. The van der Waals surface area contributed by atoms with E-state index in [1.165, 1.54) is 24.3 Å². The topological polar surface area (TPSA) is 114 Å². The van der Waals surface area contributed by atoms with Gasteiger partial charge in [-0.2, -0.15) is 0 Å². The van der Waals surface area contributed by atoms with Crippen LogP contribution in [0.2, 0.25) is 0 Å². The number of nitrogens with one attached hydrogen (secondary N) is 2. The van der Waals surface area contributed by atoms with E-state index in [1.54, 1.807) is 32.4 Å². The summed E-state index contributed by atoms with van der Waals surface area (Å²) in [5, 5.41) is 12.7. The molecule has 1 aliphatic carbocycles. The fourth-order valence-electron chi connectivity index (χ4n) is 5.02. The molecule has 3 N–H and O–H groups in total. The van der Waals surface area contributed by atoms with Crippen molar-refractivity contribution in [2.75, 3.05) is 24.3 Å². The number of aromatic carboxylic acids is 1. The van der Waals surface area contributed by atoms with Crippen LogP contribution in [0.5, 0.6) is 11.5 Å². The van der Waals surface area contributed by atoms with Gasteiger partial charge in [-0.25, -0.2) is 13.2 Å². The highest BCUT2D eigenvalue weighted by molar-refractivity contribution is 7.92. The van der Waals surface area contributed by atoms with Crippen LogP contribution in [0.15, 0.2) is 77.7 Å². The average Bonchev–Trinajstić information content (AvgIpc) is 3.38. The van der Waals surface area contributed by atoms with Crippen LogP contribution in [-0.4, -0.2) is 33.7 Å². The second kappa shape index (κ2) is 9.23. The van der Waals surface area contributed by atoms with Crippen molar-refractivity contribution in [2.24, 2.45) is 5.92 Å². The Morgan fingerprint density at radius 1 is 1.00 bits per heavy atom. The molecule has 0 saturated heterocycles. The number of hydrogen-bond acceptors (Lipinski definition) is 6. The first-order chi connectivity index (χ1) is 17.3. The number of carbonyl (C=O) groups is 1. The van der Waals surface area contributed by atoms with E-state index in [9.17, 15) is 13.2 Å². The molecular weight excluding hydrogens is 480 g/mol. The summed E-state index contributed by atoms with van der Waals surface area (Å²) in [5.41, 5.74) is 3.18. The minimum Gasteiger partial charge on any atom is -0.497 e. The van der Waals surface area contributed by atoms with Gasteiger partial charge in [-0.15, -0.1) is 0 Å². The quantitative estimate of drug-likeness (QED) is 0.385. The third-order valence-corrected chi connectivity index (χ3v) is 8.18. The molecule has 5 rings (SSSR count). The van der Waals surface area contributed by atoms with Crippen LogP contribution >= 0.6 is 0 Å². The largest absolute Gasteiger partial charge is 0.497 e. The van der Waals surface area contributed by atoms with Crippen LogP contribution in [0, 0.1) is 5.92 Å². The van der Waals surface area contributed by atoms with E-state index < -0.39 is 16.0 Å². The highest BCUT2D eigenvalue weighted by Gasteiger charge is 2.39. The van der Waals surface area contributed by atoms with Crippen LogP contribution in [0.3, 0.4) is 0 Å². The zero-order chi connectivity index (χ0) is 25.4. The zero-order valence-corrected chi connectivity index (χ0v) is 20.6. The summed E-state index contributed by atoms with van der Waals surface area (Å²) in [7, 11) is -0.621. The van der Waals surface area contributed by atoms with E-state index >= 15 is 0 Å². The molecule has 8 nitrogen and oxygen atoms in total. The number of fused-ring (bicyclic) bond motifs is 3. The number of rotatable bonds is 7. The molecule has 0 fully saturated rings. The Bertz CT molecular complexity index is 1450. The lowest BCUT2D eigenvalue weighted by molar-refractivity contribution is 0.0697. The van der Waals surface area contributed by atoms with Crippen LogP contribution in [0.25, 0.3) is 0 Å². The molecule has 1 heterocycles. The van der Waals surface area contributed by atoms with Gasteiger partial charge in [0.15, 0.2) is 0 Å². The summed E-state index contributed by atoms with van der Waals surface area (Å²) in [6.07, 6.45) is 5.13. The Balaban J connectivity index is 1.46. The summed E-state index contributed by atoms with van der Waals surface area (Å²) in [5.74, 6) is 0.611. The number of ether oxygens (including phenoxy) is 2. The minimum atomic E-state index is -3.88. The van der Waals surface area contributed by atoms with Gasteiger partial charge in [0.1, 0.15) is 11.5 Å². The lowest BCUT2D eigenvalue weighted by Crippen LogP contribution is -2.29. The second-order valence-electron chi connectivity index (χ2n) is 8.82. The molecule has 0 bridgehead atoms. The van der Waals surface area contributed by atoms with E-state index in [-0.39, 0.29) is 28.3 Å². The number of allylic oxidation sites excluding steroid dienone is 2. The van der Waals surface area contributed by atoms with Crippen molar-refractivity contribution >= 4 is 27.4 Å². The number of carboxylic acid groups (broad SMARTS) is 1. The summed E-state index contributed by atoms with van der Waals surface area (Å²) >= 11 is 0. The first-order valence-electron chi connectivity index (χ1n) is 11.5. The summed E-state index contributed by atoms with van der Waals surface area (Å²) in [6.45, 7) is 0. The highest BCUT2D eigenvalue weighted by atomic mass is 32.2. The van der Waals surface area contributed by atoms with Gasteiger partial charge in [-0.1, -0.05) is 12.2 Å². The minimum absolute atomic E-state index is 0.0216. The Kier molecular flexibility index (Phi) is 6.09. The van der Waals surface area contributed by atoms with Gasteiger partial charge in [0.25, 0.3) is 10.0 Å². The molecule has 0 spiro atoms. The lowest BCUT2D eigenvalue weighted by atomic mass is 9.77. The van der Waals surface area contributed by atoms with Crippen molar-refractivity contribution < 1.29 is 27.8 Å². The monoisotopic (exact) mass is 506 g/mol. The first-order valence-corrected chi connectivity index (χ1v) is 12.9. The zero-order valence-electron chi connectivity index (χ0n) is 19.8. The average molecular weight is 507 g/mol. The molecule has 0 aromatic heterocycles. The van der Waals surface area contributed by atoms with Crippen molar-refractivity contribution in [3.8, 4) is 11.5 Å². The number of methoxy groups -OCH3 is 2. The predicted octanol–water partition coefficient (Wildman–Crippen LogP) is 5.03. The van der Waals surface area contributed by atoms with Crippen molar-refractivity contribution in [3.05, 3.63) is 89.5 Å². The summed E-state index contributed by atoms with van der Waals surface area (Å²) in [4.78, 5) is 11.2. The molecule has 2 aliphatic rings. The first kappa shape index (κ1) is 23.7. The van der Waals surface area contributed by atoms with Gasteiger partial charge < -0.3 is 19.9 Å². The predicted molar refractivity (Wildman–Crippen MR) is 137 cm³/mol. The lowest BCUT2D eigenvalue weighted by Gasteiger charge is -2.38. The van der Waals surface area contributed by atoms with Crippen LogP contribution < -0.4 is 19.5 Å². The molecular formula is C27H26N2O6S. The molecule has 3 atom stereocenters. The maximum absolute atomic E-state index is 13.1. The number of anilines is 2. The Morgan fingerprint density at radius 2 is 1.78 bits per heavy atom. The molecule has 0 saturated carbocycles. The molecule has 3 aromatic carbocycles. The van der Waals surface area contributed by atoms with Gasteiger partial charge in [-0.3, -0.25) is 4.72 Å². The van der Waals surface area contributed by atoms with Crippen LogP contribution in [0.1, 0.15) is 39.9 Å². The van der Waals surface area contributed by atoms with E-state index in [0.29, 0.717) is 11.4 Å². The van der Waals surface area contributed by atoms with E-state index in [2.05, 4.69) is 22.2 Å². The fourth-order valence-corrected chi connectivity index (χ4v) is 6.11. The molecule has 0 radical (unpaired) electrons. The highest BCUT2D eigenvalue weighted by Crippen LogP contribution is 2.51. The molecule has 36 heavy (non-hydrogen) atoms. The number of carboxylic acids is 1. The normalized spacial score (nSPS) is 20.1. The van der Waals surface area contributed by atoms with Crippen molar-refractivity contribution in [2.45, 2.75) is 23.3 Å². The Morgan fingerprint density at radius 3 is 2.47 bits per heavy atom. The van der Waals surface area contributed by atoms with Gasteiger partial charge in [0.05, 0.1) is 30.7 Å². The van der Waals surface area contributed by atoms with Gasteiger partial charge in [0, 0.05) is 28.9 Å². The SMILES string of the molecule is COc1ccc([C@H]2Nc3ccc(S(=O)(=O)Nc4ccc(C(=O)O)cc4)cc3[C@H]3C=CC[C@H]32)c(OC)c1. The van der Waals surface area contributed by atoms with E-state index in [4.69, 9.17) is 14.6 Å². The molecule has 9 heteroatoms. The molecule has 3 aromatic rings. The molecule has 0 unspecified atom stereocenters. The van der Waals surface area contributed by atoms with E-state index in [0.717, 1.165) is 29.0 Å². The fraction of sp³-hybridized carbons (Fsp3) is 0.222. The number of hydrogen-bond donors (Lipinski definition) is 3. The van der Waals surface area contributed by atoms with Crippen molar-refractivity contribution in [1.82, 2.24) is 0 Å². The number of benzene rings is 3. The standard InChI is InChI=1S/C27H26N2O6S/c1-34-18-10-12-22(25(14-18)35-2)26-21-5-3-4-20(21)23-15-19(11-13-24(23)28-26)36(32,33)29-17-8-6-16(7-9-17)27(30)31/h3-4,6-15,20-21,26,28-29H,5H2,1-2H3,(H,30,31)/t20-,21+,26-/m0/s1. The van der Waals surface area contributed by atoms with Gasteiger partial charge in [0.2, 0.25) is 0 Å². The second-order valence-corrected chi connectivity index (χ2v) is 10.5. The molecule has 0 amide bonds. The Labute approximate surface area is 209 Å². The molecule has 1 aliphatic heterocycles. The summed E-state index contributed by atoms with van der Waals surface area (Å²) < 4.78 is 39.8. The Hall–Kier alpha value is -3.98. The van der Waals surface area contributed by atoms with E-state index in [1.807, 2.05) is 18.2 Å². The summed E-state index contributed by atoms with van der Waals surface area (Å²) in [6, 6.07) is 16.4. The van der Waals surface area contributed by atoms with Gasteiger partial charge in [-0.05, 0) is 72.5 Å². The third-order valence-electron chi connectivity index (χ3n) is 6.80. The van der Waals surface area contributed by atoms with Crippen LogP contribution in [-0.2, 0) is 10.0 Å². The van der Waals surface area contributed by atoms with Crippen molar-refractivity contribution in [3.63, 3.8) is 0 Å². The van der Waals surface area contributed by atoms with Crippen LogP contribution in [0.4, 0.5) is 11.4 Å². The molecule has 186 valence electrons. The van der Waals surface area contributed by atoms with Gasteiger partial charge >= 0.3 is 5.97 Å². The third kappa shape index (κ3) is 4.26. The maximum Gasteiger partial charge on any atom is 0.335 e. The maximum atomic E-state index is 13.1. The van der Waals surface area contributed by atoms with Crippen molar-refractivity contribution in [1.29, 1.82) is 0 Å². The smallest absolute Gasteiger partial charge is 0.335 e.